The van der Waals surface area contributed by atoms with Gasteiger partial charge in [-0.15, -0.1) is 0 Å². The van der Waals surface area contributed by atoms with E-state index in [1.807, 2.05) is 43.3 Å². The Morgan fingerprint density at radius 2 is 1.86 bits per heavy atom. The molecule has 0 aliphatic carbocycles. The number of nitrogens with one attached hydrogen (secondary N) is 3. The highest BCUT2D eigenvalue weighted by atomic mass is 16.5. The molecule has 0 unspecified atom stereocenters. The number of piperazine rings is 1. The monoisotopic (exact) mass is 501 g/mol. The topological polar surface area (TPSA) is 94.7 Å². The van der Waals surface area contributed by atoms with E-state index in [0.29, 0.717) is 17.9 Å². The molecule has 3 N–H and O–H groups in total. The second kappa shape index (κ2) is 12.1. The number of rotatable bonds is 8. The van der Waals surface area contributed by atoms with E-state index in [2.05, 4.69) is 42.9 Å². The number of aromatic nitrogens is 2. The van der Waals surface area contributed by atoms with Crippen molar-refractivity contribution in [3.8, 4) is 11.3 Å². The van der Waals surface area contributed by atoms with Gasteiger partial charge in [-0.1, -0.05) is 12.1 Å². The highest BCUT2D eigenvalue weighted by Crippen LogP contribution is 2.26. The van der Waals surface area contributed by atoms with Gasteiger partial charge < -0.3 is 25.6 Å². The lowest BCUT2D eigenvalue weighted by molar-refractivity contribution is 0.0383. The summed E-state index contributed by atoms with van der Waals surface area (Å²) in [6.45, 7) is 10.6. The molecule has 0 radical (unpaired) electrons. The fourth-order valence-corrected chi connectivity index (χ4v) is 4.71. The zero-order valence-corrected chi connectivity index (χ0v) is 21.4. The third kappa shape index (κ3) is 6.43. The second-order valence-electron chi connectivity index (χ2n) is 9.36. The highest BCUT2D eigenvalue weighted by Gasteiger charge is 2.15. The maximum Gasteiger partial charge on any atom is 0.251 e. The van der Waals surface area contributed by atoms with Crippen LogP contribution in [-0.4, -0.2) is 86.3 Å². The van der Waals surface area contributed by atoms with Gasteiger partial charge in [0.15, 0.2) is 0 Å². The number of pyridine rings is 2. The van der Waals surface area contributed by atoms with Crippen molar-refractivity contribution in [2.75, 3.05) is 75.8 Å². The number of anilines is 3. The van der Waals surface area contributed by atoms with Crippen molar-refractivity contribution in [2.45, 2.75) is 6.92 Å². The Morgan fingerprint density at radius 1 is 1.05 bits per heavy atom. The first-order valence-corrected chi connectivity index (χ1v) is 13.0. The number of morpholine rings is 1. The predicted molar refractivity (Wildman–Crippen MR) is 147 cm³/mol. The second-order valence-corrected chi connectivity index (χ2v) is 9.36. The molecule has 0 atom stereocenters. The molecule has 0 spiro atoms. The molecule has 2 aromatic heterocycles. The molecule has 5 rings (SSSR count). The predicted octanol–water partition coefficient (Wildman–Crippen LogP) is 2.67. The SMILES string of the molecule is Cc1c(Nc2cc(-c3cccc(N4CCNCC4)n3)ccn2)cccc1C(=O)NCCN1CCOCC1. The summed E-state index contributed by atoms with van der Waals surface area (Å²) in [6, 6.07) is 15.8. The van der Waals surface area contributed by atoms with Gasteiger partial charge in [-0.2, -0.15) is 0 Å². The Balaban J connectivity index is 1.26. The van der Waals surface area contributed by atoms with Gasteiger partial charge in [0, 0.05) is 75.4 Å². The molecule has 194 valence electrons. The van der Waals surface area contributed by atoms with Crippen LogP contribution < -0.4 is 20.9 Å². The molecule has 9 nitrogen and oxygen atoms in total. The Hall–Kier alpha value is -3.53. The lowest BCUT2D eigenvalue weighted by Crippen LogP contribution is -2.43. The maximum absolute atomic E-state index is 12.9. The van der Waals surface area contributed by atoms with Crippen LogP contribution in [0.2, 0.25) is 0 Å². The number of carbonyl (C=O) groups excluding carboxylic acids is 1. The quantitative estimate of drug-likeness (QED) is 0.434. The number of benzene rings is 1. The summed E-state index contributed by atoms with van der Waals surface area (Å²) in [7, 11) is 0. The third-order valence-corrected chi connectivity index (χ3v) is 6.89. The van der Waals surface area contributed by atoms with E-state index in [4.69, 9.17) is 9.72 Å². The van der Waals surface area contributed by atoms with E-state index >= 15 is 0 Å². The van der Waals surface area contributed by atoms with Crippen LogP contribution in [-0.2, 0) is 4.74 Å². The van der Waals surface area contributed by atoms with Gasteiger partial charge in [-0.25, -0.2) is 9.97 Å². The number of ether oxygens (including phenoxy) is 1. The molecule has 2 fully saturated rings. The number of nitrogens with zero attached hydrogens (tertiary/aromatic N) is 4. The fraction of sp³-hybridized carbons (Fsp3) is 0.393. The zero-order chi connectivity index (χ0) is 25.5. The summed E-state index contributed by atoms with van der Waals surface area (Å²) < 4.78 is 5.39. The Morgan fingerprint density at radius 3 is 2.70 bits per heavy atom. The summed E-state index contributed by atoms with van der Waals surface area (Å²) in [6.07, 6.45) is 1.79. The van der Waals surface area contributed by atoms with E-state index in [0.717, 1.165) is 87.4 Å². The molecule has 2 aliphatic rings. The maximum atomic E-state index is 12.9. The van der Waals surface area contributed by atoms with Gasteiger partial charge in [0.05, 0.1) is 18.9 Å². The third-order valence-electron chi connectivity index (χ3n) is 6.89. The summed E-state index contributed by atoms with van der Waals surface area (Å²) in [5.41, 5.74) is 4.30. The average Bonchev–Trinajstić information content (AvgIpc) is 2.95. The first-order valence-electron chi connectivity index (χ1n) is 13.0. The van der Waals surface area contributed by atoms with Crippen LogP contribution in [0.3, 0.4) is 0 Å². The van der Waals surface area contributed by atoms with E-state index in [1.54, 1.807) is 6.20 Å². The van der Waals surface area contributed by atoms with Crippen molar-refractivity contribution < 1.29 is 9.53 Å². The van der Waals surface area contributed by atoms with Crippen LogP contribution in [0.5, 0.6) is 0 Å². The molecule has 2 saturated heterocycles. The van der Waals surface area contributed by atoms with E-state index in [-0.39, 0.29) is 5.91 Å². The number of carbonyl (C=O) groups is 1. The largest absolute Gasteiger partial charge is 0.379 e. The number of amides is 1. The fourth-order valence-electron chi connectivity index (χ4n) is 4.71. The van der Waals surface area contributed by atoms with Crippen LogP contribution in [0.15, 0.2) is 54.7 Å². The lowest BCUT2D eigenvalue weighted by atomic mass is 10.1. The first kappa shape index (κ1) is 25.1. The molecule has 0 bridgehead atoms. The van der Waals surface area contributed by atoms with Crippen molar-refractivity contribution >= 4 is 23.2 Å². The molecular weight excluding hydrogens is 466 g/mol. The molecule has 2 aliphatic heterocycles. The van der Waals surface area contributed by atoms with E-state index < -0.39 is 0 Å². The molecule has 3 aromatic rings. The number of hydrogen-bond donors (Lipinski definition) is 3. The molecule has 37 heavy (non-hydrogen) atoms. The van der Waals surface area contributed by atoms with Crippen LogP contribution >= 0.6 is 0 Å². The average molecular weight is 502 g/mol. The summed E-state index contributed by atoms with van der Waals surface area (Å²) >= 11 is 0. The minimum Gasteiger partial charge on any atom is -0.379 e. The minimum atomic E-state index is -0.0648. The Bertz CT molecular complexity index is 1210. The van der Waals surface area contributed by atoms with Gasteiger partial charge in [-0.3, -0.25) is 9.69 Å². The first-order chi connectivity index (χ1) is 18.2. The van der Waals surface area contributed by atoms with E-state index in [9.17, 15) is 4.79 Å². The van der Waals surface area contributed by atoms with Gasteiger partial charge in [-0.05, 0) is 48.9 Å². The molecule has 4 heterocycles. The summed E-state index contributed by atoms with van der Waals surface area (Å²) in [5, 5.41) is 9.85. The summed E-state index contributed by atoms with van der Waals surface area (Å²) in [5.74, 6) is 1.64. The van der Waals surface area contributed by atoms with Crippen molar-refractivity contribution in [1.82, 2.24) is 25.5 Å². The molecule has 9 heteroatoms. The van der Waals surface area contributed by atoms with Gasteiger partial charge in [0.1, 0.15) is 11.6 Å². The normalized spacial score (nSPS) is 16.4. The molecule has 1 amide bonds. The lowest BCUT2D eigenvalue weighted by Gasteiger charge is -2.28. The zero-order valence-electron chi connectivity index (χ0n) is 21.4. The highest BCUT2D eigenvalue weighted by molar-refractivity contribution is 5.97. The smallest absolute Gasteiger partial charge is 0.251 e. The van der Waals surface area contributed by atoms with E-state index in [1.165, 1.54) is 0 Å². The van der Waals surface area contributed by atoms with Gasteiger partial charge in [0.2, 0.25) is 0 Å². The van der Waals surface area contributed by atoms with Crippen LogP contribution in [0.4, 0.5) is 17.3 Å². The van der Waals surface area contributed by atoms with Crippen molar-refractivity contribution in [2.24, 2.45) is 0 Å². The van der Waals surface area contributed by atoms with Crippen molar-refractivity contribution in [3.05, 3.63) is 65.9 Å². The van der Waals surface area contributed by atoms with Gasteiger partial charge in [0.25, 0.3) is 5.91 Å². The Kier molecular flexibility index (Phi) is 8.25. The van der Waals surface area contributed by atoms with Gasteiger partial charge >= 0.3 is 0 Å². The number of hydrogen-bond acceptors (Lipinski definition) is 8. The molecule has 0 saturated carbocycles. The Labute approximate surface area is 218 Å². The van der Waals surface area contributed by atoms with Crippen molar-refractivity contribution in [3.63, 3.8) is 0 Å². The molecular formula is C28H35N7O2. The summed E-state index contributed by atoms with van der Waals surface area (Å²) in [4.78, 5) is 26.9. The minimum absolute atomic E-state index is 0.0648. The standard InChI is InChI=1S/C28H35N7O2/c1-21-23(28(36)31-12-13-34-16-18-37-19-17-34)4-2-5-24(21)32-26-20-22(8-9-30-26)25-6-3-7-27(33-25)35-14-10-29-11-15-35/h2-9,20,29H,10-19H2,1H3,(H,30,32)(H,31,36). The van der Waals surface area contributed by atoms with Crippen molar-refractivity contribution in [1.29, 1.82) is 0 Å². The van der Waals surface area contributed by atoms with Crippen LogP contribution in [0.25, 0.3) is 11.3 Å². The van der Waals surface area contributed by atoms with Crippen LogP contribution in [0, 0.1) is 6.92 Å². The van der Waals surface area contributed by atoms with Crippen LogP contribution in [0.1, 0.15) is 15.9 Å². The molecule has 1 aromatic carbocycles.